The molecule has 1 aliphatic rings. The van der Waals surface area contributed by atoms with Crippen molar-refractivity contribution in [2.24, 2.45) is 0 Å². The summed E-state index contributed by atoms with van der Waals surface area (Å²) in [4.78, 5) is 12.4. The number of sulfone groups is 1. The Bertz CT molecular complexity index is 874. The van der Waals surface area contributed by atoms with Crippen LogP contribution in [0.1, 0.15) is 22.3 Å². The molecule has 0 saturated carbocycles. The van der Waals surface area contributed by atoms with Crippen LogP contribution < -0.4 is 5.32 Å². The van der Waals surface area contributed by atoms with E-state index in [-0.39, 0.29) is 16.2 Å². The minimum Gasteiger partial charge on any atom is -0.317 e. The molecule has 2 aromatic rings. The Balaban J connectivity index is 1.92. The normalized spacial score (nSPS) is 15.7. The molecule has 1 N–H and O–H groups in total. The molecule has 0 unspecified atom stereocenters. The van der Waals surface area contributed by atoms with Crippen LogP contribution in [0.3, 0.4) is 0 Å². The number of benzene rings is 2. The van der Waals surface area contributed by atoms with Crippen LogP contribution in [0.4, 0.5) is 14.5 Å². The largest absolute Gasteiger partial charge is 0.317 e. The highest BCUT2D eigenvalue weighted by atomic mass is 32.2. The van der Waals surface area contributed by atoms with Gasteiger partial charge in [0, 0.05) is 5.56 Å². The highest BCUT2D eigenvalue weighted by Gasteiger charge is 2.24. The molecule has 2 aromatic carbocycles. The van der Waals surface area contributed by atoms with Crippen LogP contribution in [0, 0.1) is 11.6 Å². The lowest BCUT2D eigenvalue weighted by molar-refractivity contribution is 0.102. The zero-order valence-corrected chi connectivity index (χ0v) is 12.8. The lowest BCUT2D eigenvalue weighted by Gasteiger charge is -2.17. The number of anilines is 1. The maximum absolute atomic E-state index is 13.6. The van der Waals surface area contributed by atoms with Crippen LogP contribution in [0.15, 0.2) is 41.3 Å². The van der Waals surface area contributed by atoms with E-state index < -0.39 is 33.1 Å². The van der Waals surface area contributed by atoms with E-state index in [4.69, 9.17) is 0 Å². The van der Waals surface area contributed by atoms with E-state index in [1.54, 1.807) is 0 Å². The highest BCUT2D eigenvalue weighted by Crippen LogP contribution is 2.26. The van der Waals surface area contributed by atoms with E-state index in [1.165, 1.54) is 24.3 Å². The molecule has 4 nitrogen and oxygen atoms in total. The van der Waals surface area contributed by atoms with Gasteiger partial charge in [0.05, 0.1) is 10.6 Å². The summed E-state index contributed by atoms with van der Waals surface area (Å²) in [5.74, 6) is -2.36. The van der Waals surface area contributed by atoms with Crippen molar-refractivity contribution in [2.75, 3.05) is 11.1 Å². The molecule has 3 rings (SSSR count). The number of amides is 1. The second kappa shape index (κ2) is 5.73. The fourth-order valence-corrected chi connectivity index (χ4v) is 4.17. The van der Waals surface area contributed by atoms with E-state index in [1.807, 2.05) is 0 Å². The number of hydrogen-bond donors (Lipinski definition) is 1. The quantitative estimate of drug-likeness (QED) is 0.916. The SMILES string of the molecule is O=C(Nc1c(F)cccc1F)c1ccc2c(c1)CCCS2(=O)=O. The fraction of sp³-hybridized carbons (Fsp3) is 0.188. The molecule has 7 heteroatoms. The van der Waals surface area contributed by atoms with Gasteiger partial charge in [-0.25, -0.2) is 17.2 Å². The Morgan fingerprint density at radius 3 is 2.48 bits per heavy atom. The molecule has 1 amide bonds. The van der Waals surface area contributed by atoms with Crippen molar-refractivity contribution in [1.82, 2.24) is 0 Å². The molecule has 1 heterocycles. The number of carbonyl (C=O) groups excluding carboxylic acids is 1. The van der Waals surface area contributed by atoms with Crippen molar-refractivity contribution in [3.05, 3.63) is 59.2 Å². The smallest absolute Gasteiger partial charge is 0.255 e. The van der Waals surface area contributed by atoms with Crippen LogP contribution in [0.2, 0.25) is 0 Å². The number of nitrogens with one attached hydrogen (secondary N) is 1. The van der Waals surface area contributed by atoms with E-state index in [0.29, 0.717) is 18.4 Å². The number of hydrogen-bond acceptors (Lipinski definition) is 3. The minimum atomic E-state index is -3.31. The predicted molar refractivity (Wildman–Crippen MR) is 81.1 cm³/mol. The number of halogens is 2. The molecule has 23 heavy (non-hydrogen) atoms. The molecular weight excluding hydrogens is 324 g/mol. The van der Waals surface area contributed by atoms with Crippen LogP contribution in [-0.2, 0) is 16.3 Å². The third-order valence-electron chi connectivity index (χ3n) is 3.72. The Hall–Kier alpha value is -2.28. The monoisotopic (exact) mass is 337 g/mol. The van der Waals surface area contributed by atoms with Gasteiger partial charge < -0.3 is 5.32 Å². The summed E-state index contributed by atoms with van der Waals surface area (Å²) in [5, 5.41) is 2.18. The van der Waals surface area contributed by atoms with Gasteiger partial charge in [-0.3, -0.25) is 4.79 Å². The second-order valence-corrected chi connectivity index (χ2v) is 7.37. The molecule has 0 bridgehead atoms. The van der Waals surface area contributed by atoms with Gasteiger partial charge in [-0.2, -0.15) is 0 Å². The topological polar surface area (TPSA) is 63.2 Å². The third-order valence-corrected chi connectivity index (χ3v) is 5.61. The molecule has 0 fully saturated rings. The number of aryl methyl sites for hydroxylation is 1. The van der Waals surface area contributed by atoms with Gasteiger partial charge in [-0.15, -0.1) is 0 Å². The van der Waals surface area contributed by atoms with Crippen LogP contribution in [0.25, 0.3) is 0 Å². The predicted octanol–water partition coefficient (Wildman–Crippen LogP) is 2.94. The summed E-state index contributed by atoms with van der Waals surface area (Å²) in [6.07, 6.45) is 1.03. The van der Waals surface area contributed by atoms with Gasteiger partial charge in [-0.1, -0.05) is 6.07 Å². The molecule has 0 aliphatic carbocycles. The van der Waals surface area contributed by atoms with Crippen molar-refractivity contribution in [3.8, 4) is 0 Å². The van der Waals surface area contributed by atoms with Crippen molar-refractivity contribution < 1.29 is 22.0 Å². The number of fused-ring (bicyclic) bond motifs is 1. The highest BCUT2D eigenvalue weighted by molar-refractivity contribution is 7.91. The number of carbonyl (C=O) groups is 1. The van der Waals surface area contributed by atoms with Crippen LogP contribution in [-0.4, -0.2) is 20.1 Å². The lowest BCUT2D eigenvalue weighted by atomic mass is 10.1. The molecule has 0 saturated heterocycles. The molecule has 1 aliphatic heterocycles. The molecule has 0 aromatic heterocycles. The van der Waals surface area contributed by atoms with E-state index in [2.05, 4.69) is 5.32 Å². The first-order valence-corrected chi connectivity index (χ1v) is 8.65. The Labute approximate surface area is 132 Å². The van der Waals surface area contributed by atoms with Gasteiger partial charge in [0.25, 0.3) is 5.91 Å². The maximum Gasteiger partial charge on any atom is 0.255 e. The van der Waals surface area contributed by atoms with E-state index >= 15 is 0 Å². The Kier molecular flexibility index (Phi) is 3.89. The van der Waals surface area contributed by atoms with Gasteiger partial charge >= 0.3 is 0 Å². The molecular formula is C16H13F2NO3S. The second-order valence-electron chi connectivity index (χ2n) is 5.30. The Morgan fingerprint density at radius 2 is 1.78 bits per heavy atom. The maximum atomic E-state index is 13.6. The molecule has 120 valence electrons. The molecule has 0 radical (unpaired) electrons. The van der Waals surface area contributed by atoms with Crippen LogP contribution >= 0.6 is 0 Å². The van der Waals surface area contributed by atoms with E-state index in [9.17, 15) is 22.0 Å². The summed E-state index contributed by atoms with van der Waals surface area (Å²) in [6.45, 7) is 0. The zero-order valence-electron chi connectivity index (χ0n) is 12.0. The number of rotatable bonds is 2. The first-order valence-electron chi connectivity index (χ1n) is 6.99. The summed E-state index contributed by atoms with van der Waals surface area (Å²) < 4.78 is 51.0. The minimum absolute atomic E-state index is 0.0893. The zero-order chi connectivity index (χ0) is 16.6. The van der Waals surface area contributed by atoms with Gasteiger partial charge in [0.2, 0.25) is 0 Å². The standard InChI is InChI=1S/C16H13F2NO3S/c17-12-4-1-5-13(18)15(12)19-16(20)11-6-7-14-10(9-11)3-2-8-23(14,21)22/h1,4-7,9H,2-3,8H2,(H,19,20). The third kappa shape index (κ3) is 2.96. The lowest BCUT2D eigenvalue weighted by Crippen LogP contribution is -2.19. The summed E-state index contributed by atoms with van der Waals surface area (Å²) in [6, 6.07) is 7.45. The van der Waals surface area contributed by atoms with E-state index in [0.717, 1.165) is 12.1 Å². The molecule has 0 spiro atoms. The average Bonchev–Trinajstić information content (AvgIpc) is 2.50. The number of para-hydroxylation sites is 1. The van der Waals surface area contributed by atoms with Crippen molar-refractivity contribution >= 4 is 21.4 Å². The van der Waals surface area contributed by atoms with Crippen molar-refractivity contribution in [1.29, 1.82) is 0 Å². The summed E-state index contributed by atoms with van der Waals surface area (Å²) in [7, 11) is -3.31. The van der Waals surface area contributed by atoms with Gasteiger partial charge in [0.15, 0.2) is 9.84 Å². The first-order chi connectivity index (χ1) is 10.9. The molecule has 0 atom stereocenters. The van der Waals surface area contributed by atoms with Crippen molar-refractivity contribution in [3.63, 3.8) is 0 Å². The Morgan fingerprint density at radius 1 is 1.09 bits per heavy atom. The fourth-order valence-electron chi connectivity index (χ4n) is 2.58. The van der Waals surface area contributed by atoms with Crippen molar-refractivity contribution in [2.45, 2.75) is 17.7 Å². The van der Waals surface area contributed by atoms with Crippen LogP contribution in [0.5, 0.6) is 0 Å². The first kappa shape index (κ1) is 15.6. The average molecular weight is 337 g/mol. The summed E-state index contributed by atoms with van der Waals surface area (Å²) in [5.41, 5.74) is 0.184. The summed E-state index contributed by atoms with van der Waals surface area (Å²) >= 11 is 0. The van der Waals surface area contributed by atoms with Gasteiger partial charge in [-0.05, 0) is 48.7 Å². The van der Waals surface area contributed by atoms with Gasteiger partial charge in [0.1, 0.15) is 17.3 Å².